The third-order valence-corrected chi connectivity index (χ3v) is 3.81. The molecule has 2 rings (SSSR count). The molecule has 0 bridgehead atoms. The Morgan fingerprint density at radius 2 is 2.12 bits per heavy atom. The number of amides is 1. The second-order valence-corrected chi connectivity index (χ2v) is 5.16. The highest BCUT2D eigenvalue weighted by molar-refractivity contribution is 5.78. The van der Waals surface area contributed by atoms with Gasteiger partial charge in [-0.25, -0.2) is 0 Å². The largest absolute Gasteiger partial charge is 0.377 e. The number of hydrogen-bond acceptors (Lipinski definition) is 3. The first-order chi connectivity index (χ1) is 8.27. The van der Waals surface area contributed by atoms with Crippen LogP contribution in [0.5, 0.6) is 0 Å². The molecule has 0 aromatic heterocycles. The number of piperidine rings is 1. The van der Waals surface area contributed by atoms with Gasteiger partial charge in [0.15, 0.2) is 0 Å². The van der Waals surface area contributed by atoms with E-state index in [1.54, 1.807) is 0 Å². The van der Waals surface area contributed by atoms with E-state index in [-0.39, 0.29) is 11.9 Å². The van der Waals surface area contributed by atoms with Gasteiger partial charge in [0.2, 0.25) is 5.91 Å². The van der Waals surface area contributed by atoms with Crippen LogP contribution >= 0.6 is 0 Å². The van der Waals surface area contributed by atoms with Crippen LogP contribution in [0.2, 0.25) is 0 Å². The van der Waals surface area contributed by atoms with E-state index in [9.17, 15) is 4.79 Å². The van der Waals surface area contributed by atoms with Crippen LogP contribution in [0.25, 0.3) is 0 Å². The molecule has 2 aliphatic heterocycles. The van der Waals surface area contributed by atoms with Crippen LogP contribution in [-0.4, -0.2) is 49.2 Å². The Balaban J connectivity index is 1.67. The van der Waals surface area contributed by atoms with Crippen LogP contribution in [0, 0.1) is 0 Å². The van der Waals surface area contributed by atoms with E-state index in [1.165, 1.54) is 6.42 Å². The fourth-order valence-electron chi connectivity index (χ4n) is 2.63. The number of likely N-dealkylation sites (tertiary alicyclic amines) is 1. The molecule has 2 saturated heterocycles. The summed E-state index contributed by atoms with van der Waals surface area (Å²) in [5, 5.41) is 3.31. The normalized spacial score (nSPS) is 27.1. The first kappa shape index (κ1) is 12.8. The first-order valence-electron chi connectivity index (χ1n) is 6.90. The molecule has 2 atom stereocenters. The molecule has 0 spiro atoms. The molecule has 2 heterocycles. The highest BCUT2D eigenvalue weighted by Crippen LogP contribution is 2.15. The molecular formula is C13H24N2O2. The Bertz CT molecular complexity index is 246. The van der Waals surface area contributed by atoms with Crippen LogP contribution < -0.4 is 5.32 Å². The predicted molar refractivity (Wildman–Crippen MR) is 66.9 cm³/mol. The molecule has 98 valence electrons. The summed E-state index contributed by atoms with van der Waals surface area (Å²) in [6.07, 6.45) is 6.15. The van der Waals surface area contributed by atoms with Crippen LogP contribution in [0.1, 0.15) is 39.0 Å². The standard InChI is InChI=1S/C13H24N2O2/c1-11(12-6-5-9-17-12)14-10-13(16)15-7-3-2-4-8-15/h11-12,14H,2-10H2,1H3. The summed E-state index contributed by atoms with van der Waals surface area (Å²) in [5.41, 5.74) is 0. The van der Waals surface area contributed by atoms with E-state index >= 15 is 0 Å². The smallest absolute Gasteiger partial charge is 0.236 e. The highest BCUT2D eigenvalue weighted by atomic mass is 16.5. The minimum Gasteiger partial charge on any atom is -0.377 e. The zero-order valence-corrected chi connectivity index (χ0v) is 10.8. The predicted octanol–water partition coefficient (Wildman–Crippen LogP) is 1.16. The Kier molecular flexibility index (Phi) is 4.80. The Hall–Kier alpha value is -0.610. The maximum absolute atomic E-state index is 11.9. The van der Waals surface area contributed by atoms with Crippen molar-refractivity contribution in [2.45, 2.75) is 51.2 Å². The summed E-state index contributed by atoms with van der Waals surface area (Å²) in [5.74, 6) is 0.245. The van der Waals surface area contributed by atoms with E-state index in [2.05, 4.69) is 12.2 Å². The van der Waals surface area contributed by atoms with Crippen molar-refractivity contribution in [3.63, 3.8) is 0 Å². The van der Waals surface area contributed by atoms with Gasteiger partial charge in [0, 0.05) is 25.7 Å². The van der Waals surface area contributed by atoms with Crippen molar-refractivity contribution < 1.29 is 9.53 Å². The number of hydrogen-bond donors (Lipinski definition) is 1. The molecule has 4 nitrogen and oxygen atoms in total. The van der Waals surface area contributed by atoms with Gasteiger partial charge in [0.25, 0.3) is 0 Å². The molecule has 2 aliphatic rings. The van der Waals surface area contributed by atoms with Crippen molar-refractivity contribution in [1.29, 1.82) is 0 Å². The zero-order chi connectivity index (χ0) is 12.1. The second kappa shape index (κ2) is 6.36. The molecule has 2 unspecified atom stereocenters. The van der Waals surface area contributed by atoms with Crippen LogP contribution in [-0.2, 0) is 9.53 Å². The molecule has 0 aliphatic carbocycles. The SMILES string of the molecule is CC(NCC(=O)N1CCCCC1)C1CCCO1. The highest BCUT2D eigenvalue weighted by Gasteiger charge is 2.23. The van der Waals surface area contributed by atoms with Gasteiger partial charge in [0.1, 0.15) is 0 Å². The lowest BCUT2D eigenvalue weighted by Gasteiger charge is -2.28. The summed E-state index contributed by atoms with van der Waals surface area (Å²) in [4.78, 5) is 13.9. The van der Waals surface area contributed by atoms with Crippen molar-refractivity contribution in [1.82, 2.24) is 10.2 Å². The van der Waals surface area contributed by atoms with Gasteiger partial charge in [-0.15, -0.1) is 0 Å². The quantitative estimate of drug-likeness (QED) is 0.801. The average molecular weight is 240 g/mol. The van der Waals surface area contributed by atoms with Gasteiger partial charge in [-0.3, -0.25) is 4.79 Å². The molecule has 1 N–H and O–H groups in total. The first-order valence-corrected chi connectivity index (χ1v) is 6.90. The van der Waals surface area contributed by atoms with Crippen molar-refractivity contribution in [2.24, 2.45) is 0 Å². The summed E-state index contributed by atoms with van der Waals surface area (Å²) in [6, 6.07) is 0.284. The maximum atomic E-state index is 11.9. The number of nitrogens with one attached hydrogen (secondary N) is 1. The lowest BCUT2D eigenvalue weighted by molar-refractivity contribution is -0.131. The van der Waals surface area contributed by atoms with Gasteiger partial charge in [-0.05, 0) is 39.0 Å². The third-order valence-electron chi connectivity index (χ3n) is 3.81. The van der Waals surface area contributed by atoms with E-state index < -0.39 is 0 Å². The van der Waals surface area contributed by atoms with Crippen LogP contribution in [0.3, 0.4) is 0 Å². The number of rotatable bonds is 4. The minimum absolute atomic E-state index is 0.245. The molecule has 0 radical (unpaired) electrons. The van der Waals surface area contributed by atoms with Gasteiger partial charge < -0.3 is 15.0 Å². The average Bonchev–Trinajstić information content (AvgIpc) is 2.90. The zero-order valence-electron chi connectivity index (χ0n) is 10.8. The van der Waals surface area contributed by atoms with E-state index in [4.69, 9.17) is 4.74 Å². The Morgan fingerprint density at radius 3 is 2.76 bits per heavy atom. The van der Waals surface area contributed by atoms with Gasteiger partial charge in [0.05, 0.1) is 12.6 Å². The molecule has 17 heavy (non-hydrogen) atoms. The van der Waals surface area contributed by atoms with Gasteiger partial charge in [-0.2, -0.15) is 0 Å². The maximum Gasteiger partial charge on any atom is 0.236 e. The summed E-state index contributed by atoms with van der Waals surface area (Å²) in [6.45, 7) is 5.32. The Labute approximate surface area is 104 Å². The molecule has 1 amide bonds. The molecular weight excluding hydrogens is 216 g/mol. The molecule has 0 saturated carbocycles. The lowest BCUT2D eigenvalue weighted by Crippen LogP contribution is -2.46. The van der Waals surface area contributed by atoms with E-state index in [1.807, 2.05) is 4.90 Å². The monoisotopic (exact) mass is 240 g/mol. The van der Waals surface area contributed by atoms with Gasteiger partial charge >= 0.3 is 0 Å². The van der Waals surface area contributed by atoms with Crippen molar-refractivity contribution in [3.8, 4) is 0 Å². The van der Waals surface area contributed by atoms with Crippen molar-refractivity contribution in [2.75, 3.05) is 26.2 Å². The summed E-state index contributed by atoms with van der Waals surface area (Å²) >= 11 is 0. The van der Waals surface area contributed by atoms with Crippen molar-refractivity contribution >= 4 is 5.91 Å². The summed E-state index contributed by atoms with van der Waals surface area (Å²) < 4.78 is 5.61. The number of carbonyl (C=O) groups is 1. The van der Waals surface area contributed by atoms with Crippen LogP contribution in [0.4, 0.5) is 0 Å². The second-order valence-electron chi connectivity index (χ2n) is 5.16. The summed E-state index contributed by atoms with van der Waals surface area (Å²) in [7, 11) is 0. The molecule has 4 heteroatoms. The van der Waals surface area contributed by atoms with Crippen LogP contribution in [0.15, 0.2) is 0 Å². The minimum atomic E-state index is 0.245. The molecule has 0 aromatic carbocycles. The third kappa shape index (κ3) is 3.68. The Morgan fingerprint density at radius 1 is 1.35 bits per heavy atom. The van der Waals surface area contributed by atoms with Crippen molar-refractivity contribution in [3.05, 3.63) is 0 Å². The number of nitrogens with zero attached hydrogens (tertiary/aromatic N) is 1. The lowest BCUT2D eigenvalue weighted by atomic mass is 10.1. The number of carbonyl (C=O) groups excluding carboxylic acids is 1. The number of ether oxygens (including phenoxy) is 1. The fraction of sp³-hybridized carbons (Fsp3) is 0.923. The van der Waals surface area contributed by atoms with E-state index in [0.717, 1.165) is 45.4 Å². The fourth-order valence-corrected chi connectivity index (χ4v) is 2.63. The van der Waals surface area contributed by atoms with E-state index in [0.29, 0.717) is 12.6 Å². The van der Waals surface area contributed by atoms with Gasteiger partial charge in [-0.1, -0.05) is 0 Å². The molecule has 2 fully saturated rings. The molecule has 0 aromatic rings. The topological polar surface area (TPSA) is 41.6 Å².